The molecule has 0 aliphatic heterocycles. The SMILES string of the molecule is CC(C)(C)NCc1cc(C2CC2)on1. The molecule has 1 heterocycles. The molecule has 0 spiro atoms. The van der Waals surface area contributed by atoms with Gasteiger partial charge in [-0.25, -0.2) is 0 Å². The lowest BCUT2D eigenvalue weighted by Crippen LogP contribution is -2.35. The van der Waals surface area contributed by atoms with Gasteiger partial charge in [-0.15, -0.1) is 0 Å². The van der Waals surface area contributed by atoms with Gasteiger partial charge in [0.05, 0.1) is 5.69 Å². The molecule has 1 aromatic heterocycles. The zero-order valence-electron chi connectivity index (χ0n) is 9.13. The second kappa shape index (κ2) is 3.39. The monoisotopic (exact) mass is 194 g/mol. The van der Waals surface area contributed by atoms with Crippen molar-refractivity contribution < 1.29 is 4.52 Å². The molecule has 1 aliphatic rings. The van der Waals surface area contributed by atoms with Gasteiger partial charge in [-0.3, -0.25) is 0 Å². The van der Waals surface area contributed by atoms with E-state index in [4.69, 9.17) is 4.52 Å². The van der Waals surface area contributed by atoms with E-state index in [2.05, 4.69) is 37.3 Å². The average molecular weight is 194 g/mol. The summed E-state index contributed by atoms with van der Waals surface area (Å²) < 4.78 is 5.26. The third-order valence-corrected chi connectivity index (χ3v) is 2.36. The fourth-order valence-electron chi connectivity index (χ4n) is 1.33. The molecule has 1 fully saturated rings. The normalized spacial score (nSPS) is 17.4. The van der Waals surface area contributed by atoms with Crippen molar-refractivity contribution in [2.24, 2.45) is 0 Å². The van der Waals surface area contributed by atoms with Crippen LogP contribution in [0.5, 0.6) is 0 Å². The number of nitrogens with zero attached hydrogens (tertiary/aromatic N) is 1. The van der Waals surface area contributed by atoms with Gasteiger partial charge < -0.3 is 9.84 Å². The Bertz CT molecular complexity index is 307. The Labute approximate surface area is 84.9 Å². The van der Waals surface area contributed by atoms with Crippen LogP contribution in [0.2, 0.25) is 0 Å². The lowest BCUT2D eigenvalue weighted by molar-refractivity contribution is 0.366. The van der Waals surface area contributed by atoms with Gasteiger partial charge in [-0.1, -0.05) is 5.16 Å². The highest BCUT2D eigenvalue weighted by Crippen LogP contribution is 2.40. The molecule has 0 saturated heterocycles. The molecule has 0 atom stereocenters. The lowest BCUT2D eigenvalue weighted by atomic mass is 10.1. The standard InChI is InChI=1S/C11H18N2O/c1-11(2,3)12-7-9-6-10(14-13-9)8-4-5-8/h6,8,12H,4-5,7H2,1-3H3. The Hall–Kier alpha value is -0.830. The van der Waals surface area contributed by atoms with Crippen LogP contribution < -0.4 is 5.32 Å². The molecule has 78 valence electrons. The molecular weight excluding hydrogens is 176 g/mol. The zero-order chi connectivity index (χ0) is 10.2. The van der Waals surface area contributed by atoms with Crippen LogP contribution in [0, 0.1) is 0 Å². The highest BCUT2D eigenvalue weighted by Gasteiger charge is 2.27. The maximum Gasteiger partial charge on any atom is 0.140 e. The van der Waals surface area contributed by atoms with Gasteiger partial charge >= 0.3 is 0 Å². The van der Waals surface area contributed by atoms with E-state index in [0.717, 1.165) is 18.0 Å². The quantitative estimate of drug-likeness (QED) is 0.803. The van der Waals surface area contributed by atoms with Crippen molar-refractivity contribution in [3.63, 3.8) is 0 Å². The summed E-state index contributed by atoms with van der Waals surface area (Å²) in [5.74, 6) is 1.72. The zero-order valence-corrected chi connectivity index (χ0v) is 9.13. The first-order valence-electron chi connectivity index (χ1n) is 5.25. The first-order chi connectivity index (χ1) is 6.54. The third-order valence-electron chi connectivity index (χ3n) is 2.36. The van der Waals surface area contributed by atoms with Crippen LogP contribution >= 0.6 is 0 Å². The number of hydrogen-bond acceptors (Lipinski definition) is 3. The molecule has 0 bridgehead atoms. The fraction of sp³-hybridized carbons (Fsp3) is 0.727. The molecule has 2 rings (SSSR count). The van der Waals surface area contributed by atoms with E-state index >= 15 is 0 Å². The van der Waals surface area contributed by atoms with Crippen LogP contribution in [0.1, 0.15) is 51.0 Å². The van der Waals surface area contributed by atoms with Crippen molar-refractivity contribution >= 4 is 0 Å². The molecule has 1 saturated carbocycles. The minimum Gasteiger partial charge on any atom is -0.361 e. The molecule has 0 amide bonds. The molecule has 3 heteroatoms. The number of nitrogens with one attached hydrogen (secondary N) is 1. The summed E-state index contributed by atoms with van der Waals surface area (Å²) in [4.78, 5) is 0. The maximum atomic E-state index is 5.26. The summed E-state index contributed by atoms with van der Waals surface area (Å²) in [6.07, 6.45) is 2.53. The second-order valence-corrected chi connectivity index (χ2v) is 5.10. The molecular formula is C11H18N2O. The van der Waals surface area contributed by atoms with E-state index in [1.165, 1.54) is 12.8 Å². The van der Waals surface area contributed by atoms with Crippen LogP contribution in [0.15, 0.2) is 10.6 Å². The van der Waals surface area contributed by atoms with Gasteiger partial charge in [0.1, 0.15) is 5.76 Å². The Morgan fingerprint density at radius 2 is 2.21 bits per heavy atom. The van der Waals surface area contributed by atoms with Crippen molar-refractivity contribution in [1.82, 2.24) is 10.5 Å². The molecule has 1 N–H and O–H groups in total. The van der Waals surface area contributed by atoms with Crippen LogP contribution in [-0.2, 0) is 6.54 Å². The first kappa shape index (κ1) is 9.71. The number of rotatable bonds is 3. The summed E-state index contributed by atoms with van der Waals surface area (Å²) >= 11 is 0. The van der Waals surface area contributed by atoms with E-state index in [1.54, 1.807) is 0 Å². The van der Waals surface area contributed by atoms with Crippen molar-refractivity contribution in [3.8, 4) is 0 Å². The first-order valence-corrected chi connectivity index (χ1v) is 5.25. The molecule has 14 heavy (non-hydrogen) atoms. The predicted molar refractivity (Wildman–Crippen MR) is 55.1 cm³/mol. The molecule has 3 nitrogen and oxygen atoms in total. The molecule has 1 aliphatic carbocycles. The minimum absolute atomic E-state index is 0.138. The molecule has 0 unspecified atom stereocenters. The maximum absolute atomic E-state index is 5.26. The van der Waals surface area contributed by atoms with Crippen molar-refractivity contribution in [3.05, 3.63) is 17.5 Å². The van der Waals surface area contributed by atoms with Gasteiger partial charge in [0.2, 0.25) is 0 Å². The average Bonchev–Trinajstić information content (AvgIpc) is 2.81. The Balaban J connectivity index is 1.90. The van der Waals surface area contributed by atoms with Gasteiger partial charge in [-0.05, 0) is 33.6 Å². The highest BCUT2D eigenvalue weighted by molar-refractivity contribution is 5.14. The summed E-state index contributed by atoms with van der Waals surface area (Å²) in [7, 11) is 0. The van der Waals surface area contributed by atoms with Crippen molar-refractivity contribution in [2.75, 3.05) is 0 Å². The van der Waals surface area contributed by atoms with Gasteiger partial charge in [-0.2, -0.15) is 0 Å². The Morgan fingerprint density at radius 3 is 2.79 bits per heavy atom. The third kappa shape index (κ3) is 2.58. The van der Waals surface area contributed by atoms with E-state index in [9.17, 15) is 0 Å². The Kier molecular flexibility index (Phi) is 2.35. The summed E-state index contributed by atoms with van der Waals surface area (Å²) in [6.45, 7) is 7.23. The molecule has 0 radical (unpaired) electrons. The van der Waals surface area contributed by atoms with Crippen LogP contribution in [0.25, 0.3) is 0 Å². The summed E-state index contributed by atoms with van der Waals surface area (Å²) in [5.41, 5.74) is 1.15. The van der Waals surface area contributed by atoms with Crippen molar-refractivity contribution in [1.29, 1.82) is 0 Å². The van der Waals surface area contributed by atoms with Crippen LogP contribution in [0.4, 0.5) is 0 Å². The molecule has 0 aromatic carbocycles. The minimum atomic E-state index is 0.138. The predicted octanol–water partition coefficient (Wildman–Crippen LogP) is 2.44. The smallest absolute Gasteiger partial charge is 0.140 e. The van der Waals surface area contributed by atoms with Gasteiger partial charge in [0, 0.05) is 24.1 Å². The topological polar surface area (TPSA) is 38.1 Å². The number of aromatic nitrogens is 1. The van der Waals surface area contributed by atoms with E-state index in [1.807, 2.05) is 0 Å². The van der Waals surface area contributed by atoms with E-state index < -0.39 is 0 Å². The van der Waals surface area contributed by atoms with Crippen LogP contribution in [-0.4, -0.2) is 10.7 Å². The van der Waals surface area contributed by atoms with Crippen LogP contribution in [0.3, 0.4) is 0 Å². The summed E-state index contributed by atoms with van der Waals surface area (Å²) in [6, 6.07) is 2.08. The van der Waals surface area contributed by atoms with Gasteiger partial charge in [0.25, 0.3) is 0 Å². The number of hydrogen-bond donors (Lipinski definition) is 1. The molecule has 1 aromatic rings. The lowest BCUT2D eigenvalue weighted by Gasteiger charge is -2.19. The van der Waals surface area contributed by atoms with Crippen molar-refractivity contribution in [2.45, 2.75) is 51.6 Å². The van der Waals surface area contributed by atoms with Gasteiger partial charge in [0.15, 0.2) is 0 Å². The van der Waals surface area contributed by atoms with E-state index in [-0.39, 0.29) is 5.54 Å². The van der Waals surface area contributed by atoms with E-state index in [0.29, 0.717) is 5.92 Å². The second-order valence-electron chi connectivity index (χ2n) is 5.10. The Morgan fingerprint density at radius 1 is 1.50 bits per heavy atom. The highest BCUT2D eigenvalue weighted by atomic mass is 16.5. The fourth-order valence-corrected chi connectivity index (χ4v) is 1.33. The largest absolute Gasteiger partial charge is 0.361 e. The summed E-state index contributed by atoms with van der Waals surface area (Å²) in [5, 5.41) is 7.43.